The molecule has 2 heterocycles. The molecule has 0 spiro atoms. The summed E-state index contributed by atoms with van der Waals surface area (Å²) in [4.78, 5) is 13.7. The molecule has 30 heavy (non-hydrogen) atoms. The third-order valence-electron chi connectivity index (χ3n) is 4.20. The maximum atomic E-state index is 13.8. The van der Waals surface area contributed by atoms with Crippen molar-refractivity contribution in [2.24, 2.45) is 23.4 Å². The zero-order valence-electron chi connectivity index (χ0n) is 39.5. The summed E-state index contributed by atoms with van der Waals surface area (Å²) < 4.78 is 209. The molecule has 0 aromatic heterocycles. The van der Waals surface area contributed by atoms with Gasteiger partial charge in [0.25, 0.3) is 0 Å². The van der Waals surface area contributed by atoms with Crippen LogP contribution in [0.15, 0.2) is 12.1 Å². The normalized spacial score (nSPS) is 50.4. The standard InChI is InChI=1S/C24H38N2O4/c1-14(2)9-17-13-26-8-7-16-10-21(28-5)22(29-6)11-18(16)19(26)12-20(17)30-24(27)23(25)15(3)4/h10-11,14-15,17,19-20,23H,7-9,12-13,25H2,1-6H3/t17?,19?,20?,23-/m0/s1/i3D3,4D3,5D3,7D2,8D2,10D,11D,12D2,13D2,15D,17D,20D,23D. The molecule has 1 aromatic rings. The van der Waals surface area contributed by atoms with E-state index in [9.17, 15) is 13.0 Å². The molecule has 1 saturated heterocycles. The Bertz CT molecular complexity index is 1620. The van der Waals surface area contributed by atoms with E-state index < -0.39 is 129 Å². The molecule has 3 unspecified atom stereocenters. The summed E-state index contributed by atoms with van der Waals surface area (Å²) in [5, 5.41) is 0. The van der Waals surface area contributed by atoms with Gasteiger partial charge in [0.05, 0.1) is 23.7 Å². The lowest BCUT2D eigenvalue weighted by molar-refractivity contribution is -0.160. The number of benzene rings is 1. The fourth-order valence-electron chi connectivity index (χ4n) is 2.83. The molecule has 168 valence electrons. The molecule has 1 aromatic carbocycles. The van der Waals surface area contributed by atoms with Gasteiger partial charge in [-0.05, 0) is 47.8 Å². The molecular weight excluding hydrogens is 380 g/mol. The summed E-state index contributed by atoms with van der Waals surface area (Å²) in [5.74, 6) is -13.6. The van der Waals surface area contributed by atoms with Crippen LogP contribution < -0.4 is 15.2 Å². The molecule has 4 atom stereocenters. The van der Waals surface area contributed by atoms with Crippen molar-refractivity contribution in [3.8, 4) is 11.5 Å². The van der Waals surface area contributed by atoms with Gasteiger partial charge in [0.1, 0.15) is 12.1 Å². The van der Waals surface area contributed by atoms with Crippen LogP contribution in [-0.4, -0.2) is 50.1 Å². The fraction of sp³-hybridized carbons (Fsp3) is 0.708. The van der Waals surface area contributed by atoms with Crippen molar-refractivity contribution in [2.45, 2.75) is 64.9 Å². The third-order valence-corrected chi connectivity index (χ3v) is 4.20. The molecule has 6 nitrogen and oxygen atoms in total. The fourth-order valence-corrected chi connectivity index (χ4v) is 2.83. The number of fused-ring (bicyclic) bond motifs is 3. The predicted octanol–water partition coefficient (Wildman–Crippen LogP) is 3.56. The number of piperidine rings is 1. The van der Waals surface area contributed by atoms with Crippen LogP contribution >= 0.6 is 0 Å². The summed E-state index contributed by atoms with van der Waals surface area (Å²) in [7, 11) is -2.55. The molecule has 0 saturated carbocycles. The lowest BCUT2D eigenvalue weighted by Crippen LogP contribution is -2.51. The van der Waals surface area contributed by atoms with Gasteiger partial charge >= 0.3 is 5.97 Å². The van der Waals surface area contributed by atoms with E-state index in [0.29, 0.717) is 0 Å². The van der Waals surface area contributed by atoms with Crippen molar-refractivity contribution < 1.29 is 50.5 Å². The number of methoxy groups -OCH3 is 2. The number of hydrogen-bond donors (Lipinski definition) is 1. The van der Waals surface area contributed by atoms with E-state index >= 15 is 0 Å². The minimum absolute atomic E-state index is 0.157. The lowest BCUT2D eigenvalue weighted by atomic mass is 9.79. The number of nitrogens with two attached hydrogens (primary N) is 1. The van der Waals surface area contributed by atoms with Crippen molar-refractivity contribution in [2.75, 3.05) is 27.1 Å². The van der Waals surface area contributed by atoms with Gasteiger partial charge in [-0.1, -0.05) is 27.6 Å². The van der Waals surface area contributed by atoms with Crippen molar-refractivity contribution in [1.29, 1.82) is 0 Å². The van der Waals surface area contributed by atoms with Gasteiger partial charge in [0, 0.05) is 53.2 Å². The Morgan fingerprint density at radius 3 is 2.87 bits per heavy atom. The average molecular weight is 442 g/mol. The Kier molecular flexibility index (Phi) is 2.35. The zero-order valence-corrected chi connectivity index (χ0v) is 16.5. The molecule has 1 fully saturated rings. The number of carbonyl (C=O) groups is 1. The summed E-state index contributed by atoms with van der Waals surface area (Å²) in [6.07, 6.45) is -12.9. The van der Waals surface area contributed by atoms with E-state index in [-0.39, 0.29) is 4.90 Å². The number of carbonyl (C=O) groups excluding carboxylic acids is 1. The highest BCUT2D eigenvalue weighted by molar-refractivity contribution is 5.76. The van der Waals surface area contributed by atoms with E-state index in [1.54, 1.807) is 0 Å². The lowest BCUT2D eigenvalue weighted by Gasteiger charge is -2.47. The van der Waals surface area contributed by atoms with Crippen LogP contribution in [0.5, 0.6) is 11.5 Å². The Labute approximate surface area is 213 Å². The Balaban J connectivity index is 2.61. The number of nitrogens with zero attached hydrogens (tertiary/aromatic N) is 1. The Hall–Kier alpha value is -1.79. The highest BCUT2D eigenvalue weighted by atomic mass is 16.5. The van der Waals surface area contributed by atoms with Gasteiger partial charge in [-0.3, -0.25) is 9.69 Å². The zero-order chi connectivity index (χ0) is 42.1. The summed E-state index contributed by atoms with van der Waals surface area (Å²) >= 11 is 0. The van der Waals surface area contributed by atoms with Crippen molar-refractivity contribution in [3.63, 3.8) is 0 Å². The van der Waals surface area contributed by atoms with E-state index in [4.69, 9.17) is 43.2 Å². The van der Waals surface area contributed by atoms with E-state index in [2.05, 4.69) is 0 Å². The quantitative estimate of drug-likeness (QED) is 0.652. The van der Waals surface area contributed by atoms with Crippen LogP contribution in [0.4, 0.5) is 0 Å². The molecule has 2 aliphatic rings. The number of rotatable bonds is 7. The molecule has 0 bridgehead atoms. The van der Waals surface area contributed by atoms with Gasteiger partial charge in [0.2, 0.25) is 0 Å². The molecule has 3 rings (SSSR count). The van der Waals surface area contributed by atoms with Crippen molar-refractivity contribution in [3.05, 3.63) is 23.2 Å². The molecular formula is C24H38N2O4. The van der Waals surface area contributed by atoms with Gasteiger partial charge in [-0.25, -0.2) is 0 Å². The van der Waals surface area contributed by atoms with E-state index in [0.717, 1.165) is 7.11 Å². The maximum Gasteiger partial charge on any atom is 0.323 e. The molecule has 0 amide bonds. The minimum atomic E-state index is -4.28. The van der Waals surface area contributed by atoms with Crippen molar-refractivity contribution >= 4 is 5.97 Å². The predicted molar refractivity (Wildman–Crippen MR) is 118 cm³/mol. The van der Waals surface area contributed by atoms with Gasteiger partial charge in [0.15, 0.2) is 11.5 Å². The molecule has 2 N–H and O–H groups in total. The van der Waals surface area contributed by atoms with E-state index in [1.165, 1.54) is 13.8 Å². The van der Waals surface area contributed by atoms with E-state index in [1.807, 2.05) is 0 Å². The van der Waals surface area contributed by atoms with Crippen LogP contribution in [0.1, 0.15) is 89.0 Å². The second kappa shape index (κ2) is 9.56. The van der Waals surface area contributed by atoms with Crippen molar-refractivity contribution in [1.82, 2.24) is 4.90 Å². The summed E-state index contributed by atoms with van der Waals surface area (Å²) in [6, 6.07) is -9.68. The topological polar surface area (TPSA) is 74.0 Å². The first kappa shape index (κ1) is 7.38. The molecule has 2 aliphatic heterocycles. The molecule has 6 heteroatoms. The van der Waals surface area contributed by atoms with Crippen LogP contribution in [0, 0.1) is 17.7 Å². The largest absolute Gasteiger partial charge is 0.493 e. The molecule has 0 radical (unpaired) electrons. The Morgan fingerprint density at radius 1 is 1.43 bits per heavy atom. The van der Waals surface area contributed by atoms with Gasteiger partial charge in [-0.2, -0.15) is 0 Å². The highest BCUT2D eigenvalue weighted by Crippen LogP contribution is 2.44. The summed E-state index contributed by atoms with van der Waals surface area (Å²) in [5.41, 5.74) is 3.21. The van der Waals surface area contributed by atoms with Crippen LogP contribution in [0.25, 0.3) is 0 Å². The smallest absolute Gasteiger partial charge is 0.323 e. The van der Waals surface area contributed by atoms with Gasteiger partial charge in [-0.15, -0.1) is 0 Å². The Morgan fingerprint density at radius 2 is 2.20 bits per heavy atom. The monoisotopic (exact) mass is 441 g/mol. The number of hydrogen-bond acceptors (Lipinski definition) is 6. The second-order valence-electron chi connectivity index (χ2n) is 6.85. The first-order valence-corrected chi connectivity index (χ1v) is 8.87. The molecule has 0 aliphatic carbocycles. The second-order valence-corrected chi connectivity index (χ2v) is 6.85. The first-order valence-electron chi connectivity index (χ1n) is 20.4. The third kappa shape index (κ3) is 4.75. The van der Waals surface area contributed by atoms with Crippen LogP contribution in [-0.2, 0) is 15.9 Å². The first-order chi connectivity index (χ1) is 23.1. The number of ether oxygens (including phenoxy) is 3. The summed E-state index contributed by atoms with van der Waals surface area (Å²) in [6.45, 7) is -13.3. The minimum Gasteiger partial charge on any atom is -0.493 e. The maximum absolute atomic E-state index is 13.8. The average Bonchev–Trinajstić information content (AvgIpc) is 2.92. The van der Waals surface area contributed by atoms with Crippen LogP contribution in [0.2, 0.25) is 0 Å². The highest BCUT2D eigenvalue weighted by Gasteiger charge is 2.41. The van der Waals surface area contributed by atoms with Gasteiger partial charge < -0.3 is 19.9 Å². The van der Waals surface area contributed by atoms with Crippen LogP contribution in [0.3, 0.4) is 0 Å². The SMILES string of the molecule is [2H]c1c(OC)c(OC([2H])([2H])[2H])c([2H])c2c1C1N(C([2H])([2H])C2([2H])[2H])C([2H])([2H])C([2H])(CC(C)C)C([2H])(OC(=O)[C@@]([2H])(N)C([2H])(C([2H])([2H])[2H])C([2H])([2H])[2H])C1([2H])[2H]. The number of esters is 1.